The minimum Gasteiger partial charge on any atom is -0.490 e. The van der Waals surface area contributed by atoms with Crippen LogP contribution in [0.15, 0.2) is 54.7 Å². The second-order valence-corrected chi connectivity index (χ2v) is 4.78. The van der Waals surface area contributed by atoms with Gasteiger partial charge in [0.25, 0.3) is 0 Å². The maximum atomic E-state index is 8.98. The van der Waals surface area contributed by atoms with Crippen molar-refractivity contribution in [2.24, 2.45) is 0 Å². The Kier molecular flexibility index (Phi) is 3.48. The number of nitrogen functional groups attached to an aromatic ring is 1. The molecule has 0 unspecified atom stereocenters. The molecule has 4 heteroatoms. The van der Waals surface area contributed by atoms with Gasteiger partial charge in [0.15, 0.2) is 0 Å². The van der Waals surface area contributed by atoms with Crippen LogP contribution in [-0.2, 0) is 6.54 Å². The van der Waals surface area contributed by atoms with E-state index in [9.17, 15) is 0 Å². The first-order chi connectivity index (χ1) is 10.3. The summed E-state index contributed by atoms with van der Waals surface area (Å²) < 4.78 is 7.78. The molecule has 21 heavy (non-hydrogen) atoms. The number of rotatable bonds is 4. The fraction of sp³-hybridized carbons (Fsp3) is 0.118. The summed E-state index contributed by atoms with van der Waals surface area (Å²) in [5.74, 6) is 0.701. The normalized spacial score (nSPS) is 10.4. The Morgan fingerprint density at radius 1 is 1.14 bits per heavy atom. The van der Waals surface area contributed by atoms with Gasteiger partial charge >= 0.3 is 0 Å². The van der Waals surface area contributed by atoms with Crippen LogP contribution in [0.3, 0.4) is 0 Å². The molecule has 0 spiro atoms. The molecule has 0 bridgehead atoms. The number of hydrogen-bond donors (Lipinski definition) is 1. The molecule has 1 heterocycles. The Labute approximate surface area is 123 Å². The van der Waals surface area contributed by atoms with Crippen LogP contribution in [0.2, 0.25) is 0 Å². The van der Waals surface area contributed by atoms with Crippen molar-refractivity contribution in [3.63, 3.8) is 0 Å². The third-order valence-electron chi connectivity index (χ3n) is 3.41. The van der Waals surface area contributed by atoms with Crippen LogP contribution in [0.5, 0.6) is 5.75 Å². The van der Waals surface area contributed by atoms with Crippen LogP contribution in [0.1, 0.15) is 5.56 Å². The molecule has 3 rings (SSSR count). The summed E-state index contributed by atoms with van der Waals surface area (Å²) in [7, 11) is 0. The van der Waals surface area contributed by atoms with Crippen molar-refractivity contribution in [2.45, 2.75) is 6.54 Å². The molecule has 0 atom stereocenters. The molecule has 2 N–H and O–H groups in total. The van der Waals surface area contributed by atoms with Gasteiger partial charge in [0.1, 0.15) is 12.4 Å². The molecule has 3 aromatic rings. The molecule has 0 saturated heterocycles. The number of hydrogen-bond acceptors (Lipinski definition) is 3. The molecule has 0 aliphatic heterocycles. The topological polar surface area (TPSA) is 64.0 Å². The molecule has 0 radical (unpaired) electrons. The summed E-state index contributed by atoms with van der Waals surface area (Å²) in [4.78, 5) is 0. The molecule has 4 nitrogen and oxygen atoms in total. The summed E-state index contributed by atoms with van der Waals surface area (Å²) in [5, 5.41) is 10.1. The number of nitriles is 1. The maximum Gasteiger partial charge on any atom is 0.142 e. The first-order valence-corrected chi connectivity index (χ1v) is 6.74. The number of aromatic nitrogens is 1. The molecule has 0 amide bonds. The number of nitrogens with zero attached hydrogens (tertiary/aromatic N) is 2. The van der Waals surface area contributed by atoms with Gasteiger partial charge in [0.2, 0.25) is 0 Å². The molecule has 0 aliphatic carbocycles. The number of para-hydroxylation sites is 2. The SMILES string of the molecule is N#Cc1ccc2ccn(CCOc3ccccc3N)c2c1. The van der Waals surface area contributed by atoms with Gasteiger partial charge in [-0.1, -0.05) is 18.2 Å². The van der Waals surface area contributed by atoms with E-state index in [1.807, 2.05) is 54.7 Å². The van der Waals surface area contributed by atoms with Crippen molar-refractivity contribution in [3.8, 4) is 11.8 Å². The largest absolute Gasteiger partial charge is 0.490 e. The van der Waals surface area contributed by atoms with Gasteiger partial charge in [0.05, 0.1) is 23.9 Å². The summed E-state index contributed by atoms with van der Waals surface area (Å²) in [5.41, 5.74) is 8.18. The highest BCUT2D eigenvalue weighted by atomic mass is 16.5. The standard InChI is InChI=1S/C17H15N3O/c18-12-13-5-6-14-7-8-20(16(14)11-13)9-10-21-17-4-2-1-3-15(17)19/h1-8,11H,9-10,19H2. The van der Waals surface area contributed by atoms with Crippen molar-refractivity contribution < 1.29 is 4.74 Å². The van der Waals surface area contributed by atoms with Gasteiger partial charge < -0.3 is 15.0 Å². The van der Waals surface area contributed by atoms with Crippen LogP contribution in [0.25, 0.3) is 10.9 Å². The highest BCUT2D eigenvalue weighted by molar-refractivity contribution is 5.81. The lowest BCUT2D eigenvalue weighted by Gasteiger charge is -2.10. The maximum absolute atomic E-state index is 8.98. The smallest absolute Gasteiger partial charge is 0.142 e. The van der Waals surface area contributed by atoms with Gasteiger partial charge in [-0.15, -0.1) is 0 Å². The fourth-order valence-electron chi connectivity index (χ4n) is 2.31. The molecular weight excluding hydrogens is 262 g/mol. The summed E-state index contributed by atoms with van der Waals surface area (Å²) in [6, 6.07) is 17.3. The van der Waals surface area contributed by atoms with E-state index in [0.717, 1.165) is 10.9 Å². The minimum atomic E-state index is 0.523. The highest BCUT2D eigenvalue weighted by Crippen LogP contribution is 2.20. The van der Waals surface area contributed by atoms with Gasteiger partial charge in [-0.2, -0.15) is 5.26 Å². The average molecular weight is 277 g/mol. The zero-order chi connectivity index (χ0) is 14.7. The molecule has 0 fully saturated rings. The Morgan fingerprint density at radius 2 is 2.00 bits per heavy atom. The summed E-state index contributed by atoms with van der Waals surface area (Å²) in [6.07, 6.45) is 2.00. The third kappa shape index (κ3) is 2.67. The lowest BCUT2D eigenvalue weighted by atomic mass is 10.2. The van der Waals surface area contributed by atoms with E-state index in [2.05, 4.69) is 10.6 Å². The van der Waals surface area contributed by atoms with Crippen molar-refractivity contribution in [1.29, 1.82) is 5.26 Å². The predicted molar refractivity (Wildman–Crippen MR) is 83.0 cm³/mol. The second-order valence-electron chi connectivity index (χ2n) is 4.78. The quantitative estimate of drug-likeness (QED) is 0.745. The van der Waals surface area contributed by atoms with Crippen molar-refractivity contribution in [2.75, 3.05) is 12.3 Å². The molecule has 0 aliphatic rings. The van der Waals surface area contributed by atoms with Crippen LogP contribution in [0, 0.1) is 11.3 Å². The van der Waals surface area contributed by atoms with Crippen LogP contribution >= 0.6 is 0 Å². The van der Waals surface area contributed by atoms with E-state index in [-0.39, 0.29) is 0 Å². The first-order valence-electron chi connectivity index (χ1n) is 6.74. The molecule has 0 saturated carbocycles. The van der Waals surface area contributed by atoms with Crippen molar-refractivity contribution >= 4 is 16.6 Å². The Morgan fingerprint density at radius 3 is 2.81 bits per heavy atom. The monoisotopic (exact) mass is 277 g/mol. The molecule has 2 aromatic carbocycles. The van der Waals surface area contributed by atoms with Gasteiger partial charge in [-0.05, 0) is 35.7 Å². The Balaban J connectivity index is 1.74. The summed E-state index contributed by atoms with van der Waals surface area (Å²) in [6.45, 7) is 1.22. The van der Waals surface area contributed by atoms with Gasteiger partial charge in [-0.25, -0.2) is 0 Å². The average Bonchev–Trinajstić information content (AvgIpc) is 2.91. The van der Waals surface area contributed by atoms with E-state index in [4.69, 9.17) is 15.7 Å². The predicted octanol–water partition coefficient (Wildman–Crippen LogP) is 3.17. The third-order valence-corrected chi connectivity index (χ3v) is 3.41. The second kappa shape index (κ2) is 5.59. The van der Waals surface area contributed by atoms with E-state index < -0.39 is 0 Å². The van der Waals surface area contributed by atoms with E-state index in [0.29, 0.717) is 30.2 Å². The lowest BCUT2D eigenvalue weighted by Crippen LogP contribution is -2.08. The number of anilines is 1. The molecular formula is C17H15N3O. The Hall–Kier alpha value is -2.93. The van der Waals surface area contributed by atoms with Gasteiger partial charge in [0, 0.05) is 11.7 Å². The minimum absolute atomic E-state index is 0.523. The number of fused-ring (bicyclic) bond motifs is 1. The number of ether oxygens (including phenoxy) is 1. The van der Waals surface area contributed by atoms with Gasteiger partial charge in [-0.3, -0.25) is 0 Å². The highest BCUT2D eigenvalue weighted by Gasteiger charge is 2.03. The first kappa shape index (κ1) is 13.1. The molecule has 104 valence electrons. The molecule has 1 aromatic heterocycles. The fourth-order valence-corrected chi connectivity index (χ4v) is 2.31. The van der Waals surface area contributed by atoms with E-state index in [1.165, 1.54) is 0 Å². The van der Waals surface area contributed by atoms with E-state index >= 15 is 0 Å². The van der Waals surface area contributed by atoms with Crippen LogP contribution < -0.4 is 10.5 Å². The van der Waals surface area contributed by atoms with Crippen LogP contribution in [0.4, 0.5) is 5.69 Å². The Bertz CT molecular complexity index is 814. The lowest BCUT2D eigenvalue weighted by molar-refractivity contribution is 0.302. The van der Waals surface area contributed by atoms with E-state index in [1.54, 1.807) is 0 Å². The number of nitrogens with two attached hydrogens (primary N) is 1. The zero-order valence-corrected chi connectivity index (χ0v) is 11.5. The number of benzene rings is 2. The van der Waals surface area contributed by atoms with Crippen molar-refractivity contribution in [1.82, 2.24) is 4.57 Å². The van der Waals surface area contributed by atoms with Crippen molar-refractivity contribution in [3.05, 3.63) is 60.3 Å². The summed E-state index contributed by atoms with van der Waals surface area (Å²) >= 11 is 0. The zero-order valence-electron chi connectivity index (χ0n) is 11.5. The van der Waals surface area contributed by atoms with Crippen LogP contribution in [-0.4, -0.2) is 11.2 Å².